The average molecular weight is 608 g/mol. The van der Waals surface area contributed by atoms with Crippen molar-refractivity contribution in [2.24, 2.45) is 0 Å². The average Bonchev–Trinajstić information content (AvgIpc) is 3.61. The molecule has 0 spiro atoms. The van der Waals surface area contributed by atoms with Gasteiger partial charge in [-0.2, -0.15) is 13.2 Å². The first-order valence-electron chi connectivity index (χ1n) is 14.7. The second-order valence-corrected chi connectivity index (χ2v) is 10.6. The van der Waals surface area contributed by atoms with E-state index in [1.54, 1.807) is 10.5 Å². The minimum absolute atomic E-state index is 0.302. The molecule has 1 aliphatic rings. The Morgan fingerprint density at radius 1 is 1.14 bits per heavy atom. The van der Waals surface area contributed by atoms with E-state index in [2.05, 4.69) is 33.2 Å². The van der Waals surface area contributed by atoms with Crippen LogP contribution in [0.2, 0.25) is 0 Å². The molecular weight excluding hydrogens is 570 g/mol. The molecule has 1 aliphatic heterocycles. The maximum absolute atomic E-state index is 13.0. The molecule has 4 heterocycles. The van der Waals surface area contributed by atoms with Crippen molar-refractivity contribution in [3.63, 3.8) is 0 Å². The van der Waals surface area contributed by atoms with E-state index in [-0.39, 0.29) is 5.82 Å². The summed E-state index contributed by atoms with van der Waals surface area (Å²) in [5, 5.41) is 3.32. The smallest absolute Gasteiger partial charge is 0.389 e. The Kier molecular flexibility index (Phi) is 11.4. The van der Waals surface area contributed by atoms with E-state index in [1.165, 1.54) is 18.5 Å². The first-order valence-corrected chi connectivity index (χ1v) is 14.7. The van der Waals surface area contributed by atoms with Crippen molar-refractivity contribution < 1.29 is 22.4 Å². The van der Waals surface area contributed by atoms with Gasteiger partial charge in [0.1, 0.15) is 17.8 Å². The number of carbonyl (C=O) groups excluding carboxylic acids is 1. The predicted molar refractivity (Wildman–Crippen MR) is 165 cm³/mol. The molecule has 4 aromatic rings. The van der Waals surface area contributed by atoms with E-state index < -0.39 is 11.7 Å². The van der Waals surface area contributed by atoms with Crippen LogP contribution in [0.1, 0.15) is 49.6 Å². The van der Waals surface area contributed by atoms with Crippen molar-refractivity contribution >= 4 is 17.5 Å². The molecule has 10 heteroatoms. The quantitative estimate of drug-likeness (QED) is 0.115. The summed E-state index contributed by atoms with van der Waals surface area (Å²) in [4.78, 5) is 21.4. The van der Waals surface area contributed by atoms with Gasteiger partial charge in [-0.25, -0.2) is 9.37 Å². The van der Waals surface area contributed by atoms with Gasteiger partial charge >= 0.3 is 6.18 Å². The normalized spacial score (nSPS) is 15.9. The Morgan fingerprint density at radius 2 is 1.93 bits per heavy atom. The molecule has 5 rings (SSSR count). The molecular formula is C34H37F4N5O. The molecule has 44 heavy (non-hydrogen) atoms. The molecule has 1 unspecified atom stereocenters. The van der Waals surface area contributed by atoms with E-state index in [4.69, 9.17) is 0 Å². The summed E-state index contributed by atoms with van der Waals surface area (Å²) in [6.45, 7) is 6.29. The van der Waals surface area contributed by atoms with Crippen molar-refractivity contribution in [2.45, 2.75) is 51.7 Å². The molecule has 6 nitrogen and oxygen atoms in total. The van der Waals surface area contributed by atoms with Gasteiger partial charge in [0.05, 0.1) is 29.7 Å². The highest BCUT2D eigenvalue weighted by Gasteiger charge is 2.31. The molecule has 1 saturated heterocycles. The lowest BCUT2D eigenvalue weighted by atomic mass is 10.1. The van der Waals surface area contributed by atoms with Crippen LogP contribution in [-0.2, 0) is 11.0 Å². The first kappa shape index (κ1) is 32.6. The van der Waals surface area contributed by atoms with Gasteiger partial charge in [-0.15, -0.1) is 0 Å². The highest BCUT2D eigenvalue weighted by molar-refractivity contribution is 5.71. The van der Waals surface area contributed by atoms with Crippen LogP contribution in [0.3, 0.4) is 0 Å². The Labute approximate surface area is 255 Å². The van der Waals surface area contributed by atoms with Crippen molar-refractivity contribution in [3.05, 3.63) is 108 Å². The number of unbranched alkanes of at least 4 members (excludes halogenated alkanes) is 1. The van der Waals surface area contributed by atoms with Crippen LogP contribution in [0.5, 0.6) is 0 Å². The van der Waals surface area contributed by atoms with Crippen LogP contribution in [-0.4, -0.2) is 51.2 Å². The van der Waals surface area contributed by atoms with Crippen LogP contribution in [0, 0.1) is 12.7 Å². The van der Waals surface area contributed by atoms with Crippen molar-refractivity contribution in [1.29, 1.82) is 0 Å². The largest absolute Gasteiger partial charge is 0.416 e. The van der Waals surface area contributed by atoms with E-state index in [9.17, 15) is 22.4 Å². The molecule has 3 aromatic heterocycles. The minimum Gasteiger partial charge on any atom is -0.389 e. The fourth-order valence-corrected chi connectivity index (χ4v) is 5.13. The number of aldehydes is 1. The predicted octanol–water partition coefficient (Wildman–Crippen LogP) is 7.50. The van der Waals surface area contributed by atoms with Gasteiger partial charge in [0, 0.05) is 30.0 Å². The van der Waals surface area contributed by atoms with Crippen molar-refractivity contribution in [3.8, 4) is 11.3 Å². The summed E-state index contributed by atoms with van der Waals surface area (Å²) in [5.74, 6) is -0.327. The molecule has 1 aromatic carbocycles. The lowest BCUT2D eigenvalue weighted by molar-refractivity contribution is -0.137. The highest BCUT2D eigenvalue weighted by atomic mass is 19.4. The molecule has 0 aliphatic carbocycles. The van der Waals surface area contributed by atoms with E-state index in [0.717, 1.165) is 79.7 Å². The third-order valence-corrected chi connectivity index (χ3v) is 7.46. The number of imidazole rings is 1. The lowest BCUT2D eigenvalue weighted by Gasteiger charge is -2.21. The number of halogens is 4. The number of aromatic nitrogens is 3. The maximum Gasteiger partial charge on any atom is 0.416 e. The molecule has 1 N–H and O–H groups in total. The molecule has 0 radical (unpaired) electrons. The summed E-state index contributed by atoms with van der Waals surface area (Å²) < 4.78 is 52.8. The maximum atomic E-state index is 13.0. The number of aryl methyl sites for hydroxylation is 1. The summed E-state index contributed by atoms with van der Waals surface area (Å²) in [7, 11) is 0. The first-order chi connectivity index (χ1) is 21.2. The number of hydrogen-bond acceptors (Lipinski definition) is 5. The van der Waals surface area contributed by atoms with Crippen LogP contribution >= 0.6 is 0 Å². The number of nitrogens with zero attached hydrogens (tertiary/aromatic N) is 4. The van der Waals surface area contributed by atoms with Crippen LogP contribution in [0.25, 0.3) is 22.5 Å². The zero-order chi connectivity index (χ0) is 31.5. The van der Waals surface area contributed by atoms with Gasteiger partial charge in [0.25, 0.3) is 0 Å². The van der Waals surface area contributed by atoms with Crippen molar-refractivity contribution in [2.75, 3.05) is 19.6 Å². The lowest BCUT2D eigenvalue weighted by Crippen LogP contribution is -2.37. The number of pyridine rings is 2. The Bertz CT molecular complexity index is 1560. The van der Waals surface area contributed by atoms with Crippen LogP contribution < -0.4 is 5.32 Å². The Balaban J connectivity index is 0.000000204. The second kappa shape index (κ2) is 15.4. The van der Waals surface area contributed by atoms with E-state index in [1.807, 2.05) is 49.5 Å². The van der Waals surface area contributed by atoms with Gasteiger partial charge in [-0.1, -0.05) is 49.8 Å². The number of benzene rings is 1. The zero-order valence-electron chi connectivity index (χ0n) is 24.9. The van der Waals surface area contributed by atoms with Crippen molar-refractivity contribution in [1.82, 2.24) is 24.6 Å². The Hall–Kier alpha value is -4.31. The number of allylic oxidation sites excluding steroid dienone is 3. The van der Waals surface area contributed by atoms with Gasteiger partial charge in [-0.05, 0) is 74.8 Å². The topological polar surface area (TPSA) is 62.5 Å². The molecule has 1 atom stereocenters. The molecule has 1 fully saturated rings. The minimum atomic E-state index is -4.35. The number of hydrogen-bond donors (Lipinski definition) is 1. The van der Waals surface area contributed by atoms with E-state index >= 15 is 0 Å². The summed E-state index contributed by atoms with van der Waals surface area (Å²) in [6, 6.07) is 15.1. The van der Waals surface area contributed by atoms with Crippen LogP contribution in [0.4, 0.5) is 17.6 Å². The zero-order valence-corrected chi connectivity index (χ0v) is 24.9. The molecule has 232 valence electrons. The fraction of sp³-hybridized carbons (Fsp3) is 0.324. The van der Waals surface area contributed by atoms with Gasteiger partial charge in [0.15, 0.2) is 0 Å². The standard InChI is InChI=1S/C19H26FN3O.C15H11F3N2/c1-2-3-5-16(19-8-7-17(20)14-22-19)9-10-21-15-18-6-4-11-23(18)12-13-24;1-10-14(11-5-3-2-4-6-11)19-13-9-12(15(16,17)18)7-8-20(10)13/h5,7-10,13-14,18,21H,2-4,6,11-12,15H2,1H3;2-9H,1H3/b10-9-,16-5-;. The van der Waals surface area contributed by atoms with E-state index in [0.29, 0.717) is 23.9 Å². The highest BCUT2D eigenvalue weighted by Crippen LogP contribution is 2.31. The third kappa shape index (κ3) is 8.63. The number of likely N-dealkylation sites (tertiary alicyclic amines) is 1. The summed E-state index contributed by atoms with van der Waals surface area (Å²) in [6.07, 6.45) is 9.56. The number of nitrogens with one attached hydrogen (secondary N) is 1. The number of fused-ring (bicyclic) bond motifs is 1. The monoisotopic (exact) mass is 607 g/mol. The number of carbonyl (C=O) groups is 1. The number of rotatable bonds is 10. The third-order valence-electron chi connectivity index (χ3n) is 7.46. The summed E-state index contributed by atoms with van der Waals surface area (Å²) in [5.41, 5.74) is 3.78. The SMILES string of the molecule is CCC/C=C(/C=C\NCC1CCCN1CC=O)c1ccc(F)cn1.Cc1c(-c2ccccc2)nc2cc(C(F)(F)F)ccn12. The van der Waals surface area contributed by atoms with Gasteiger partial charge in [0.2, 0.25) is 0 Å². The van der Waals surface area contributed by atoms with Gasteiger partial charge < -0.3 is 14.5 Å². The molecule has 0 bridgehead atoms. The second-order valence-electron chi connectivity index (χ2n) is 10.6. The Morgan fingerprint density at radius 3 is 2.61 bits per heavy atom. The van der Waals surface area contributed by atoms with Crippen LogP contribution in [0.15, 0.2) is 85.3 Å². The fourth-order valence-electron chi connectivity index (χ4n) is 5.13. The van der Waals surface area contributed by atoms with Gasteiger partial charge in [-0.3, -0.25) is 9.88 Å². The summed E-state index contributed by atoms with van der Waals surface area (Å²) >= 11 is 0. The molecule has 0 amide bonds. The number of alkyl halides is 3. The molecule has 0 saturated carbocycles.